The van der Waals surface area contributed by atoms with Crippen LogP contribution < -0.4 is 10.1 Å². The molecule has 0 atom stereocenters. The number of esters is 1. The summed E-state index contributed by atoms with van der Waals surface area (Å²) in [7, 11) is 0. The normalized spacial score (nSPS) is 13.1. The maximum absolute atomic E-state index is 13.3. The van der Waals surface area contributed by atoms with Crippen molar-refractivity contribution in [2.24, 2.45) is 0 Å². The summed E-state index contributed by atoms with van der Waals surface area (Å²) < 4.78 is 11.3. The van der Waals surface area contributed by atoms with E-state index in [2.05, 4.69) is 12.2 Å². The molecule has 0 radical (unpaired) electrons. The van der Waals surface area contributed by atoms with Gasteiger partial charge in [0.1, 0.15) is 22.4 Å². The van der Waals surface area contributed by atoms with Gasteiger partial charge in [-0.05, 0) is 67.5 Å². The van der Waals surface area contributed by atoms with Gasteiger partial charge >= 0.3 is 5.97 Å². The van der Waals surface area contributed by atoms with E-state index in [4.69, 9.17) is 9.47 Å². The maximum atomic E-state index is 13.3. The Balaban J connectivity index is 1.71. The summed E-state index contributed by atoms with van der Waals surface area (Å²) in [5.41, 5.74) is 2.01. The van der Waals surface area contributed by atoms with Crippen molar-refractivity contribution in [2.45, 2.75) is 52.4 Å². The third-order valence-corrected chi connectivity index (χ3v) is 7.43. The van der Waals surface area contributed by atoms with Crippen molar-refractivity contribution in [2.75, 3.05) is 18.5 Å². The van der Waals surface area contributed by atoms with Gasteiger partial charge < -0.3 is 14.8 Å². The summed E-state index contributed by atoms with van der Waals surface area (Å²) in [6, 6.07) is 13.7. The Bertz CT molecular complexity index is 1350. The number of carbonyl (C=O) groups is 2. The maximum Gasteiger partial charge on any atom is 0.341 e. The molecule has 4 rings (SSSR count). The number of unbranched alkanes of at least 4 members (excludes halogenated alkanes) is 1. The van der Waals surface area contributed by atoms with Crippen molar-refractivity contribution >= 4 is 45.1 Å². The molecule has 0 saturated carbocycles. The first-order valence-corrected chi connectivity index (χ1v) is 13.3. The molecule has 0 fully saturated rings. The zero-order valence-electron chi connectivity index (χ0n) is 20.7. The lowest BCUT2D eigenvalue weighted by Gasteiger charge is -2.13. The van der Waals surface area contributed by atoms with E-state index in [9.17, 15) is 14.9 Å². The van der Waals surface area contributed by atoms with Crippen molar-refractivity contribution in [1.82, 2.24) is 0 Å². The van der Waals surface area contributed by atoms with Gasteiger partial charge in [0, 0.05) is 10.4 Å². The number of rotatable bonds is 9. The third kappa shape index (κ3) is 5.44. The van der Waals surface area contributed by atoms with Gasteiger partial charge in [0.25, 0.3) is 5.91 Å². The number of nitriles is 1. The van der Waals surface area contributed by atoms with Crippen LogP contribution in [0, 0.1) is 11.3 Å². The topological polar surface area (TPSA) is 88.4 Å². The Hall–Kier alpha value is -3.63. The standard InChI is InChI=1S/C29H30N2O4S/c1-3-5-16-35-24-15-14-19-10-6-7-11-21(19)23(24)17-20(18-30)27(32)31-28-26(29(33)34-4-2)22-12-8-9-13-25(22)36-28/h6-7,10-11,14-15,17H,3-5,8-9,12-13,16H2,1-2H3,(H,31,32)/b20-17+. The number of benzene rings is 2. The largest absolute Gasteiger partial charge is 0.493 e. The molecular weight excluding hydrogens is 472 g/mol. The van der Waals surface area contributed by atoms with Crippen LogP contribution >= 0.6 is 11.3 Å². The number of aryl methyl sites for hydroxylation is 1. The van der Waals surface area contributed by atoms with Crippen LogP contribution in [-0.2, 0) is 22.4 Å². The minimum Gasteiger partial charge on any atom is -0.493 e. The number of anilines is 1. The van der Waals surface area contributed by atoms with Gasteiger partial charge in [0.2, 0.25) is 0 Å². The number of hydrogen-bond donors (Lipinski definition) is 1. The molecule has 0 unspecified atom stereocenters. The van der Waals surface area contributed by atoms with E-state index < -0.39 is 11.9 Å². The number of carbonyl (C=O) groups excluding carboxylic acids is 2. The van der Waals surface area contributed by atoms with Crippen LogP contribution in [-0.4, -0.2) is 25.1 Å². The first kappa shape index (κ1) is 25.5. The fraction of sp³-hybridized carbons (Fsp3) is 0.345. The lowest BCUT2D eigenvalue weighted by atomic mass is 9.95. The Labute approximate surface area is 215 Å². The number of fused-ring (bicyclic) bond motifs is 2. The summed E-state index contributed by atoms with van der Waals surface area (Å²) in [6.45, 7) is 4.65. The number of thiophene rings is 1. The first-order valence-electron chi connectivity index (χ1n) is 12.5. The average Bonchev–Trinajstić information content (AvgIpc) is 3.25. The number of nitrogens with one attached hydrogen (secondary N) is 1. The summed E-state index contributed by atoms with van der Waals surface area (Å²) in [5.74, 6) is -0.370. The minimum absolute atomic E-state index is 0.0622. The van der Waals surface area contributed by atoms with Gasteiger partial charge in [-0.15, -0.1) is 11.3 Å². The molecule has 0 spiro atoms. The highest BCUT2D eigenvalue weighted by Gasteiger charge is 2.28. The van der Waals surface area contributed by atoms with Crippen molar-refractivity contribution in [3.05, 3.63) is 63.5 Å². The molecule has 1 aromatic heterocycles. The predicted octanol–water partition coefficient (Wildman–Crippen LogP) is 6.68. The van der Waals surface area contributed by atoms with E-state index in [1.54, 1.807) is 13.0 Å². The van der Waals surface area contributed by atoms with E-state index in [0.717, 1.165) is 59.7 Å². The third-order valence-electron chi connectivity index (χ3n) is 6.22. The molecule has 6 nitrogen and oxygen atoms in total. The predicted molar refractivity (Wildman–Crippen MR) is 143 cm³/mol. The first-order chi connectivity index (χ1) is 17.6. The van der Waals surface area contributed by atoms with Crippen molar-refractivity contribution in [1.29, 1.82) is 5.26 Å². The highest BCUT2D eigenvalue weighted by atomic mass is 32.1. The fourth-order valence-electron chi connectivity index (χ4n) is 4.41. The smallest absolute Gasteiger partial charge is 0.341 e. The SMILES string of the molecule is CCCCOc1ccc2ccccc2c1/C=C(\C#N)C(=O)Nc1sc2c(c1C(=O)OCC)CCCC2. The van der Waals surface area contributed by atoms with Crippen LogP contribution in [0.25, 0.3) is 16.8 Å². The number of nitrogens with zero attached hydrogens (tertiary/aromatic N) is 1. The van der Waals surface area contributed by atoms with E-state index >= 15 is 0 Å². The lowest BCUT2D eigenvalue weighted by Crippen LogP contribution is -2.16. The van der Waals surface area contributed by atoms with Crippen molar-refractivity contribution in [3.8, 4) is 11.8 Å². The second-order valence-corrected chi connectivity index (χ2v) is 9.77. The number of ether oxygens (including phenoxy) is 2. The fourth-order valence-corrected chi connectivity index (χ4v) is 5.69. The van der Waals surface area contributed by atoms with E-state index in [1.165, 1.54) is 11.3 Å². The van der Waals surface area contributed by atoms with Crippen LogP contribution in [0.5, 0.6) is 5.75 Å². The minimum atomic E-state index is -0.561. The summed E-state index contributed by atoms with van der Waals surface area (Å²) in [4.78, 5) is 27.2. The van der Waals surface area contributed by atoms with Crippen LogP contribution in [0.3, 0.4) is 0 Å². The van der Waals surface area contributed by atoms with Gasteiger partial charge in [-0.3, -0.25) is 4.79 Å². The van der Waals surface area contributed by atoms with Gasteiger partial charge in [-0.25, -0.2) is 4.79 Å². The average molecular weight is 503 g/mol. The Morgan fingerprint density at radius 2 is 1.94 bits per heavy atom. The Morgan fingerprint density at radius 1 is 1.14 bits per heavy atom. The molecule has 2 aromatic carbocycles. The molecule has 0 bridgehead atoms. The van der Waals surface area contributed by atoms with E-state index in [1.807, 2.05) is 42.5 Å². The van der Waals surface area contributed by atoms with E-state index in [0.29, 0.717) is 28.5 Å². The van der Waals surface area contributed by atoms with E-state index in [-0.39, 0.29) is 12.2 Å². The summed E-state index contributed by atoms with van der Waals surface area (Å²) >= 11 is 1.40. The summed E-state index contributed by atoms with van der Waals surface area (Å²) in [5, 5.41) is 15.1. The Morgan fingerprint density at radius 3 is 2.72 bits per heavy atom. The quantitative estimate of drug-likeness (QED) is 0.153. The van der Waals surface area contributed by atoms with Crippen LogP contribution in [0.2, 0.25) is 0 Å². The monoisotopic (exact) mass is 502 g/mol. The molecule has 1 amide bonds. The van der Waals surface area contributed by atoms with Gasteiger partial charge in [0.05, 0.1) is 18.8 Å². The molecule has 1 heterocycles. The lowest BCUT2D eigenvalue weighted by molar-refractivity contribution is -0.112. The molecule has 36 heavy (non-hydrogen) atoms. The number of amides is 1. The van der Waals surface area contributed by atoms with Crippen LogP contribution in [0.1, 0.15) is 65.9 Å². The zero-order valence-corrected chi connectivity index (χ0v) is 21.5. The highest BCUT2D eigenvalue weighted by molar-refractivity contribution is 7.17. The second kappa shape index (κ2) is 11.9. The van der Waals surface area contributed by atoms with Gasteiger partial charge in [0.15, 0.2) is 0 Å². The number of hydrogen-bond acceptors (Lipinski definition) is 6. The molecule has 1 N–H and O–H groups in total. The summed E-state index contributed by atoms with van der Waals surface area (Å²) in [6.07, 6.45) is 7.18. The molecule has 1 aliphatic carbocycles. The zero-order chi connectivity index (χ0) is 25.5. The Kier molecular flexibility index (Phi) is 8.40. The molecule has 0 aliphatic heterocycles. The van der Waals surface area contributed by atoms with Crippen molar-refractivity contribution < 1.29 is 19.1 Å². The van der Waals surface area contributed by atoms with Crippen LogP contribution in [0.15, 0.2) is 42.0 Å². The van der Waals surface area contributed by atoms with Crippen LogP contribution in [0.4, 0.5) is 5.00 Å². The molecule has 186 valence electrons. The van der Waals surface area contributed by atoms with Crippen molar-refractivity contribution in [3.63, 3.8) is 0 Å². The van der Waals surface area contributed by atoms with Gasteiger partial charge in [-0.1, -0.05) is 43.7 Å². The molecular formula is C29H30N2O4S. The molecule has 0 saturated heterocycles. The van der Waals surface area contributed by atoms with Gasteiger partial charge in [-0.2, -0.15) is 5.26 Å². The molecule has 3 aromatic rings. The highest BCUT2D eigenvalue weighted by Crippen LogP contribution is 2.39. The molecule has 7 heteroatoms. The second-order valence-electron chi connectivity index (χ2n) is 8.66. The molecule has 1 aliphatic rings.